The lowest BCUT2D eigenvalue weighted by Gasteiger charge is -2.36. The van der Waals surface area contributed by atoms with E-state index >= 15 is 0 Å². The van der Waals surface area contributed by atoms with Crippen LogP contribution in [0.15, 0.2) is 72.0 Å². The SMILES string of the molecule is O=c1c2cn[nH]c2c2cnc(N3CCN(c4ccncc4)CC3)nc2n1-c1ccccc1. The lowest BCUT2D eigenvalue weighted by Crippen LogP contribution is -2.47. The van der Waals surface area contributed by atoms with Crippen LogP contribution in [0.4, 0.5) is 11.6 Å². The normalized spacial score (nSPS) is 14.4. The van der Waals surface area contributed by atoms with Gasteiger partial charge in [-0.05, 0) is 24.3 Å². The number of rotatable bonds is 3. The summed E-state index contributed by atoms with van der Waals surface area (Å²) in [6.07, 6.45) is 6.97. The van der Waals surface area contributed by atoms with Crippen molar-refractivity contribution in [3.63, 3.8) is 0 Å². The molecule has 5 aromatic rings. The third-order valence-corrected chi connectivity index (χ3v) is 5.91. The number of nitrogens with one attached hydrogen (secondary N) is 1. The zero-order valence-corrected chi connectivity index (χ0v) is 17.2. The van der Waals surface area contributed by atoms with Crippen LogP contribution < -0.4 is 15.4 Å². The molecule has 158 valence electrons. The van der Waals surface area contributed by atoms with Gasteiger partial charge in [0.1, 0.15) is 0 Å². The van der Waals surface area contributed by atoms with Crippen LogP contribution >= 0.6 is 0 Å². The van der Waals surface area contributed by atoms with Gasteiger partial charge < -0.3 is 9.80 Å². The molecule has 1 aromatic carbocycles. The molecule has 0 saturated carbocycles. The van der Waals surface area contributed by atoms with Crippen LogP contribution in [0.5, 0.6) is 0 Å². The van der Waals surface area contributed by atoms with Gasteiger partial charge in [0.2, 0.25) is 5.95 Å². The largest absolute Gasteiger partial charge is 0.368 e. The maximum absolute atomic E-state index is 13.3. The lowest BCUT2D eigenvalue weighted by atomic mass is 10.2. The number of H-pyrrole nitrogens is 1. The summed E-state index contributed by atoms with van der Waals surface area (Å²) in [5.74, 6) is 0.620. The number of nitrogens with zero attached hydrogens (tertiary/aromatic N) is 7. The van der Waals surface area contributed by atoms with Gasteiger partial charge in [-0.1, -0.05) is 18.2 Å². The van der Waals surface area contributed by atoms with Crippen LogP contribution in [0, 0.1) is 0 Å². The van der Waals surface area contributed by atoms with E-state index in [1.165, 1.54) is 5.69 Å². The van der Waals surface area contributed by atoms with E-state index in [9.17, 15) is 4.79 Å². The Morgan fingerprint density at radius 1 is 0.812 bits per heavy atom. The molecular weight excluding hydrogens is 404 g/mol. The van der Waals surface area contributed by atoms with Gasteiger partial charge in [0.05, 0.1) is 28.2 Å². The predicted molar refractivity (Wildman–Crippen MR) is 123 cm³/mol. The Labute approximate surface area is 183 Å². The number of pyridine rings is 2. The standard InChI is InChI=1S/C23H20N8O/c32-22-19-15-26-28-20(19)18-14-25-23(27-21(18)31(22)17-4-2-1-3-5-17)30-12-10-29(11-13-30)16-6-8-24-9-7-16/h1-9,14-15H,10-13H2,(H,26,28). The third-order valence-electron chi connectivity index (χ3n) is 5.91. The second-order valence-corrected chi connectivity index (χ2v) is 7.72. The van der Waals surface area contributed by atoms with Crippen molar-refractivity contribution in [2.24, 2.45) is 0 Å². The van der Waals surface area contributed by atoms with E-state index < -0.39 is 0 Å². The third kappa shape index (κ3) is 2.97. The van der Waals surface area contributed by atoms with E-state index in [1.807, 2.05) is 54.9 Å². The van der Waals surface area contributed by atoms with Crippen LogP contribution in [-0.2, 0) is 0 Å². The second kappa shape index (κ2) is 7.45. The number of aromatic nitrogens is 6. The first-order valence-electron chi connectivity index (χ1n) is 10.5. The van der Waals surface area contributed by atoms with Crippen molar-refractivity contribution in [2.45, 2.75) is 0 Å². The molecule has 1 fully saturated rings. The molecule has 0 radical (unpaired) electrons. The highest BCUT2D eigenvalue weighted by Gasteiger charge is 2.22. The van der Waals surface area contributed by atoms with Gasteiger partial charge >= 0.3 is 0 Å². The van der Waals surface area contributed by atoms with Crippen molar-refractivity contribution in [3.8, 4) is 5.69 Å². The van der Waals surface area contributed by atoms with Crippen molar-refractivity contribution in [3.05, 3.63) is 77.6 Å². The van der Waals surface area contributed by atoms with Gasteiger partial charge in [0.15, 0.2) is 5.65 Å². The molecule has 0 unspecified atom stereocenters. The number of hydrogen-bond donors (Lipinski definition) is 1. The molecule has 6 rings (SSSR count). The summed E-state index contributed by atoms with van der Waals surface area (Å²) < 4.78 is 1.64. The average molecular weight is 424 g/mol. The average Bonchev–Trinajstić information content (AvgIpc) is 3.36. The van der Waals surface area contributed by atoms with Crippen LogP contribution in [0.2, 0.25) is 0 Å². The summed E-state index contributed by atoms with van der Waals surface area (Å²) in [6.45, 7) is 3.29. The molecule has 4 aromatic heterocycles. The minimum absolute atomic E-state index is 0.153. The first-order valence-corrected chi connectivity index (χ1v) is 10.5. The maximum Gasteiger partial charge on any atom is 0.267 e. The number of hydrogen-bond acceptors (Lipinski definition) is 7. The molecule has 1 N–H and O–H groups in total. The monoisotopic (exact) mass is 424 g/mol. The van der Waals surface area contributed by atoms with Crippen molar-refractivity contribution in [1.29, 1.82) is 0 Å². The molecule has 0 atom stereocenters. The van der Waals surface area contributed by atoms with Crippen molar-refractivity contribution >= 4 is 33.6 Å². The summed E-state index contributed by atoms with van der Waals surface area (Å²) in [6, 6.07) is 13.6. The van der Waals surface area contributed by atoms with Gasteiger partial charge in [-0.3, -0.25) is 19.4 Å². The zero-order chi connectivity index (χ0) is 21.5. The number of aromatic amines is 1. The Bertz CT molecular complexity index is 1450. The Kier molecular flexibility index (Phi) is 4.31. The van der Waals surface area contributed by atoms with E-state index in [-0.39, 0.29) is 5.56 Å². The Morgan fingerprint density at radius 3 is 2.34 bits per heavy atom. The molecular formula is C23H20N8O. The number of fused-ring (bicyclic) bond motifs is 3. The fourth-order valence-electron chi connectivity index (χ4n) is 4.27. The summed E-state index contributed by atoms with van der Waals surface area (Å²) >= 11 is 0. The molecule has 0 aliphatic carbocycles. The van der Waals surface area contributed by atoms with Gasteiger partial charge in [0, 0.05) is 50.5 Å². The summed E-state index contributed by atoms with van der Waals surface area (Å²) in [5.41, 5.74) is 3.00. The van der Waals surface area contributed by atoms with E-state index in [1.54, 1.807) is 17.0 Å². The van der Waals surface area contributed by atoms with Crippen molar-refractivity contribution in [1.82, 2.24) is 29.7 Å². The molecule has 9 nitrogen and oxygen atoms in total. The fourth-order valence-corrected chi connectivity index (χ4v) is 4.27. The van der Waals surface area contributed by atoms with E-state index in [0.717, 1.165) is 37.3 Å². The number of para-hydroxylation sites is 1. The highest BCUT2D eigenvalue weighted by molar-refractivity contribution is 6.02. The van der Waals surface area contributed by atoms with Gasteiger partial charge in [0.25, 0.3) is 5.56 Å². The van der Waals surface area contributed by atoms with E-state index in [0.29, 0.717) is 22.5 Å². The molecule has 32 heavy (non-hydrogen) atoms. The zero-order valence-electron chi connectivity index (χ0n) is 17.2. The minimum Gasteiger partial charge on any atom is -0.368 e. The van der Waals surface area contributed by atoms with Crippen LogP contribution in [0.1, 0.15) is 0 Å². The summed E-state index contributed by atoms with van der Waals surface area (Å²) in [4.78, 5) is 31.4. The van der Waals surface area contributed by atoms with Gasteiger partial charge in [-0.25, -0.2) is 4.98 Å². The van der Waals surface area contributed by atoms with Crippen molar-refractivity contribution < 1.29 is 0 Å². The molecule has 0 spiro atoms. The number of anilines is 2. The molecule has 1 aliphatic heterocycles. The van der Waals surface area contributed by atoms with Crippen LogP contribution in [-0.4, -0.2) is 55.9 Å². The maximum atomic E-state index is 13.3. The second-order valence-electron chi connectivity index (χ2n) is 7.72. The topological polar surface area (TPSA) is 95.8 Å². The van der Waals surface area contributed by atoms with E-state index in [4.69, 9.17) is 4.98 Å². The molecule has 9 heteroatoms. The predicted octanol–water partition coefficient (Wildman–Crippen LogP) is 2.38. The first-order chi connectivity index (χ1) is 15.8. The highest BCUT2D eigenvalue weighted by atomic mass is 16.1. The van der Waals surface area contributed by atoms with Crippen LogP contribution in [0.3, 0.4) is 0 Å². The number of benzene rings is 1. The van der Waals surface area contributed by atoms with Crippen molar-refractivity contribution in [2.75, 3.05) is 36.0 Å². The lowest BCUT2D eigenvalue weighted by molar-refractivity contribution is 0.640. The highest BCUT2D eigenvalue weighted by Crippen LogP contribution is 2.24. The van der Waals surface area contributed by atoms with Gasteiger partial charge in [-0.2, -0.15) is 10.1 Å². The minimum atomic E-state index is -0.153. The molecule has 5 heterocycles. The Morgan fingerprint density at radius 2 is 1.56 bits per heavy atom. The molecule has 1 saturated heterocycles. The molecule has 1 aliphatic rings. The molecule has 0 bridgehead atoms. The van der Waals surface area contributed by atoms with E-state index in [2.05, 4.69) is 30.0 Å². The Hall–Kier alpha value is -4.27. The molecule has 0 amide bonds. The summed E-state index contributed by atoms with van der Waals surface area (Å²) in [7, 11) is 0. The first kappa shape index (κ1) is 18.5. The number of piperazine rings is 1. The van der Waals surface area contributed by atoms with Gasteiger partial charge in [-0.15, -0.1) is 0 Å². The quantitative estimate of drug-likeness (QED) is 0.475. The summed E-state index contributed by atoms with van der Waals surface area (Å²) in [5, 5.41) is 8.30. The Balaban J connectivity index is 1.42. The smallest absolute Gasteiger partial charge is 0.267 e. The van der Waals surface area contributed by atoms with Crippen LogP contribution in [0.25, 0.3) is 27.6 Å². The fraction of sp³-hybridized carbons (Fsp3) is 0.174.